The van der Waals surface area contributed by atoms with Crippen molar-refractivity contribution < 1.29 is 23.8 Å². The van der Waals surface area contributed by atoms with Crippen molar-refractivity contribution in [2.45, 2.75) is 26.8 Å². The average Bonchev–Trinajstić information content (AvgIpc) is 2.77. The summed E-state index contributed by atoms with van der Waals surface area (Å²) in [5, 5.41) is 11.9. The molecular weight excluding hydrogens is 408 g/mol. The second-order valence-corrected chi connectivity index (χ2v) is 6.96. The summed E-state index contributed by atoms with van der Waals surface area (Å²) in [6.45, 7) is 6.11. The van der Waals surface area contributed by atoms with E-state index in [1.165, 1.54) is 19.3 Å². The lowest BCUT2D eigenvalue weighted by molar-refractivity contribution is -0.129. The molecule has 0 bridgehead atoms. The first-order valence-electron chi connectivity index (χ1n) is 10.1. The highest BCUT2D eigenvalue weighted by atomic mass is 16.6. The number of benzene rings is 2. The van der Waals surface area contributed by atoms with E-state index in [4.69, 9.17) is 14.2 Å². The Morgan fingerprint density at radius 3 is 2.38 bits per heavy atom. The smallest absolute Gasteiger partial charge is 0.336 e. The van der Waals surface area contributed by atoms with Crippen molar-refractivity contribution in [3.8, 4) is 23.3 Å². The van der Waals surface area contributed by atoms with Gasteiger partial charge in [-0.05, 0) is 68.3 Å². The summed E-state index contributed by atoms with van der Waals surface area (Å²) in [5.41, 5.74) is 1.34. The molecule has 0 aliphatic heterocycles. The zero-order chi connectivity index (χ0) is 23.5. The molecule has 0 heterocycles. The summed E-state index contributed by atoms with van der Waals surface area (Å²) in [5.74, 6) is 0.234. The molecule has 0 atom stereocenters. The summed E-state index contributed by atoms with van der Waals surface area (Å²) in [4.78, 5) is 24.3. The molecule has 2 rings (SSSR count). The summed E-state index contributed by atoms with van der Waals surface area (Å²) >= 11 is 0. The fourth-order valence-electron chi connectivity index (χ4n) is 2.66. The van der Waals surface area contributed by atoms with Crippen LogP contribution in [0.15, 0.2) is 54.1 Å². The number of rotatable bonds is 9. The Balaban J connectivity index is 2.12. The number of methoxy groups -OCH3 is 1. The highest BCUT2D eigenvalue weighted by Gasteiger charge is 2.12. The van der Waals surface area contributed by atoms with E-state index in [0.29, 0.717) is 17.9 Å². The molecule has 7 nitrogen and oxygen atoms in total. The van der Waals surface area contributed by atoms with Crippen molar-refractivity contribution in [1.82, 2.24) is 5.32 Å². The quantitative estimate of drug-likeness (QED) is 0.276. The lowest BCUT2D eigenvalue weighted by Crippen LogP contribution is -2.30. The minimum absolute atomic E-state index is 0.0382. The second-order valence-electron chi connectivity index (χ2n) is 6.96. The Kier molecular flexibility index (Phi) is 9.05. The van der Waals surface area contributed by atoms with Gasteiger partial charge in [-0.1, -0.05) is 18.2 Å². The molecule has 166 valence electrons. The molecule has 0 aromatic heterocycles. The van der Waals surface area contributed by atoms with Gasteiger partial charge in [0.2, 0.25) is 0 Å². The van der Waals surface area contributed by atoms with Crippen LogP contribution in [-0.2, 0) is 9.59 Å². The van der Waals surface area contributed by atoms with Crippen molar-refractivity contribution >= 4 is 24.0 Å². The van der Waals surface area contributed by atoms with Gasteiger partial charge >= 0.3 is 5.97 Å². The van der Waals surface area contributed by atoms with Gasteiger partial charge in [0.25, 0.3) is 5.91 Å². The normalized spacial score (nSPS) is 11.2. The molecule has 0 aliphatic carbocycles. The first kappa shape index (κ1) is 24.2. The van der Waals surface area contributed by atoms with Gasteiger partial charge in [0.1, 0.15) is 17.4 Å². The largest absolute Gasteiger partial charge is 0.494 e. The van der Waals surface area contributed by atoms with Crippen molar-refractivity contribution in [3.05, 3.63) is 65.2 Å². The number of hydrogen-bond acceptors (Lipinski definition) is 6. The van der Waals surface area contributed by atoms with Crippen LogP contribution in [0.3, 0.4) is 0 Å². The van der Waals surface area contributed by atoms with E-state index < -0.39 is 11.9 Å². The molecule has 0 unspecified atom stereocenters. The zero-order valence-corrected chi connectivity index (χ0v) is 18.5. The number of carbonyl (C=O) groups is 2. The third kappa shape index (κ3) is 7.33. The standard InChI is InChI=1S/C25H26N2O5/c1-5-31-21-10-6-18(7-11-21)9-13-24(28)32-22-12-8-19(15-23(22)30-4)14-20(16-26)25(29)27-17(2)3/h6-15,17H,5H2,1-4H3,(H,27,29)/b13-9+,20-14+. The molecule has 2 aromatic carbocycles. The summed E-state index contributed by atoms with van der Waals surface area (Å²) in [6.07, 6.45) is 4.39. The summed E-state index contributed by atoms with van der Waals surface area (Å²) < 4.78 is 16.1. The van der Waals surface area contributed by atoms with Gasteiger partial charge in [0.05, 0.1) is 13.7 Å². The number of nitrogens with one attached hydrogen (secondary N) is 1. The molecule has 1 N–H and O–H groups in total. The van der Waals surface area contributed by atoms with Gasteiger partial charge < -0.3 is 19.5 Å². The molecule has 0 saturated carbocycles. The van der Waals surface area contributed by atoms with Crippen molar-refractivity contribution in [2.24, 2.45) is 0 Å². The maximum Gasteiger partial charge on any atom is 0.336 e. The molecule has 32 heavy (non-hydrogen) atoms. The Morgan fingerprint density at radius 1 is 1.09 bits per heavy atom. The van der Waals surface area contributed by atoms with Gasteiger partial charge in [-0.2, -0.15) is 5.26 Å². The average molecular weight is 434 g/mol. The molecule has 7 heteroatoms. The van der Waals surface area contributed by atoms with Crippen LogP contribution in [-0.4, -0.2) is 31.6 Å². The van der Waals surface area contributed by atoms with Gasteiger partial charge in [0.15, 0.2) is 11.5 Å². The molecule has 0 radical (unpaired) electrons. The maximum absolute atomic E-state index is 12.2. The Morgan fingerprint density at radius 2 is 1.78 bits per heavy atom. The van der Waals surface area contributed by atoms with E-state index in [9.17, 15) is 14.9 Å². The highest BCUT2D eigenvalue weighted by molar-refractivity contribution is 6.01. The van der Waals surface area contributed by atoms with E-state index in [1.807, 2.05) is 51.1 Å². The molecule has 0 saturated heterocycles. The van der Waals surface area contributed by atoms with Crippen LogP contribution in [0.2, 0.25) is 0 Å². The Hall–Kier alpha value is -4.05. The van der Waals surface area contributed by atoms with Gasteiger partial charge in [-0.25, -0.2) is 4.79 Å². The number of hydrogen-bond donors (Lipinski definition) is 1. The first-order valence-corrected chi connectivity index (χ1v) is 10.1. The van der Waals surface area contributed by atoms with Crippen molar-refractivity contribution in [1.29, 1.82) is 5.26 Å². The van der Waals surface area contributed by atoms with E-state index >= 15 is 0 Å². The fourth-order valence-corrected chi connectivity index (χ4v) is 2.66. The van der Waals surface area contributed by atoms with Crippen LogP contribution >= 0.6 is 0 Å². The number of nitrogens with zero attached hydrogens (tertiary/aromatic N) is 1. The first-order chi connectivity index (χ1) is 15.4. The van der Waals surface area contributed by atoms with Gasteiger partial charge in [0, 0.05) is 12.1 Å². The summed E-state index contributed by atoms with van der Waals surface area (Å²) in [7, 11) is 1.44. The topological polar surface area (TPSA) is 97.7 Å². The Labute approximate surface area is 187 Å². The van der Waals surface area contributed by atoms with Gasteiger partial charge in [-0.15, -0.1) is 0 Å². The monoisotopic (exact) mass is 434 g/mol. The lowest BCUT2D eigenvalue weighted by Gasteiger charge is -2.10. The van der Waals surface area contributed by atoms with Crippen LogP contribution in [0.4, 0.5) is 0 Å². The Bertz CT molecular complexity index is 1050. The lowest BCUT2D eigenvalue weighted by atomic mass is 10.1. The highest BCUT2D eigenvalue weighted by Crippen LogP contribution is 2.29. The number of amides is 1. The third-order valence-corrected chi connectivity index (χ3v) is 4.10. The molecular formula is C25H26N2O5. The van der Waals surface area contributed by atoms with Crippen molar-refractivity contribution in [3.63, 3.8) is 0 Å². The van der Waals surface area contributed by atoms with E-state index in [0.717, 1.165) is 11.3 Å². The number of ether oxygens (including phenoxy) is 3. The number of carbonyl (C=O) groups excluding carboxylic acids is 2. The molecule has 0 aliphatic rings. The maximum atomic E-state index is 12.2. The molecule has 0 fully saturated rings. The van der Waals surface area contributed by atoms with Crippen LogP contribution in [0.5, 0.6) is 17.2 Å². The number of nitriles is 1. The predicted molar refractivity (Wildman–Crippen MR) is 122 cm³/mol. The van der Waals surface area contributed by atoms with Crippen LogP contribution in [0.1, 0.15) is 31.9 Å². The SMILES string of the molecule is CCOc1ccc(/C=C/C(=O)Oc2ccc(/C=C(\C#N)C(=O)NC(C)C)cc2OC)cc1. The molecule has 2 aromatic rings. The van der Waals surface area contributed by atoms with Crippen LogP contribution < -0.4 is 19.5 Å². The zero-order valence-electron chi connectivity index (χ0n) is 18.5. The van der Waals surface area contributed by atoms with Gasteiger partial charge in [-0.3, -0.25) is 4.79 Å². The van der Waals surface area contributed by atoms with E-state index in [-0.39, 0.29) is 17.4 Å². The number of esters is 1. The minimum atomic E-state index is -0.575. The fraction of sp³-hybridized carbons (Fsp3) is 0.240. The van der Waals surface area contributed by atoms with Crippen molar-refractivity contribution in [2.75, 3.05) is 13.7 Å². The minimum Gasteiger partial charge on any atom is -0.494 e. The van der Waals surface area contributed by atoms with Crippen LogP contribution in [0.25, 0.3) is 12.2 Å². The van der Waals surface area contributed by atoms with E-state index in [1.54, 1.807) is 24.3 Å². The van der Waals surface area contributed by atoms with E-state index in [2.05, 4.69) is 5.32 Å². The van der Waals surface area contributed by atoms with Crippen LogP contribution in [0, 0.1) is 11.3 Å². The molecule has 1 amide bonds. The predicted octanol–water partition coefficient (Wildman–Crippen LogP) is 4.14. The molecule has 0 spiro atoms. The second kappa shape index (κ2) is 12.0. The summed E-state index contributed by atoms with van der Waals surface area (Å²) in [6, 6.07) is 13.9. The third-order valence-electron chi connectivity index (χ3n) is 4.10.